The molecule has 1 aromatic rings. The first-order valence-electron chi connectivity index (χ1n) is 6.10. The molecule has 2 rings (SSSR count). The summed E-state index contributed by atoms with van der Waals surface area (Å²) in [5.41, 5.74) is 1.65. The molecule has 0 spiro atoms. The van der Waals surface area contributed by atoms with Crippen LogP contribution in [-0.4, -0.2) is 20.2 Å². The lowest BCUT2D eigenvalue weighted by Gasteiger charge is -2.29. The number of benzene rings is 1. The van der Waals surface area contributed by atoms with Crippen LogP contribution < -0.4 is 10.1 Å². The molecule has 1 heterocycles. The quantitative estimate of drug-likeness (QED) is 0.825. The van der Waals surface area contributed by atoms with Crippen LogP contribution in [0.1, 0.15) is 31.7 Å². The Morgan fingerprint density at radius 1 is 1.31 bits per heavy atom. The monoisotopic (exact) mass is 219 g/mol. The highest BCUT2D eigenvalue weighted by Crippen LogP contribution is 2.32. The molecule has 88 valence electrons. The molecule has 1 N–H and O–H groups in total. The van der Waals surface area contributed by atoms with Gasteiger partial charge in [-0.15, -0.1) is 0 Å². The van der Waals surface area contributed by atoms with Gasteiger partial charge >= 0.3 is 0 Å². The van der Waals surface area contributed by atoms with Gasteiger partial charge in [0.15, 0.2) is 0 Å². The van der Waals surface area contributed by atoms with Crippen molar-refractivity contribution in [2.75, 3.05) is 20.2 Å². The van der Waals surface area contributed by atoms with Gasteiger partial charge in [-0.25, -0.2) is 0 Å². The first-order valence-corrected chi connectivity index (χ1v) is 6.10. The summed E-state index contributed by atoms with van der Waals surface area (Å²) >= 11 is 0. The fraction of sp³-hybridized carbons (Fsp3) is 0.571. The molecule has 0 bridgehead atoms. The highest BCUT2D eigenvalue weighted by atomic mass is 16.5. The van der Waals surface area contributed by atoms with Crippen molar-refractivity contribution in [1.29, 1.82) is 0 Å². The number of hydrogen-bond acceptors (Lipinski definition) is 2. The van der Waals surface area contributed by atoms with Crippen molar-refractivity contribution in [2.45, 2.75) is 31.6 Å². The van der Waals surface area contributed by atoms with Crippen LogP contribution in [0.2, 0.25) is 0 Å². The topological polar surface area (TPSA) is 21.3 Å². The van der Waals surface area contributed by atoms with Gasteiger partial charge in [-0.1, -0.05) is 25.5 Å². The van der Waals surface area contributed by atoms with Crippen molar-refractivity contribution in [1.82, 2.24) is 5.32 Å². The Bertz CT molecular complexity index is 340. The van der Waals surface area contributed by atoms with Crippen molar-refractivity contribution in [3.8, 4) is 5.75 Å². The van der Waals surface area contributed by atoms with E-state index in [1.165, 1.54) is 24.8 Å². The Kier molecular flexibility index (Phi) is 3.49. The van der Waals surface area contributed by atoms with Crippen LogP contribution in [0.3, 0.4) is 0 Å². The normalized spacial score (nSPS) is 26.1. The first kappa shape index (κ1) is 11.5. The molecular weight excluding hydrogens is 198 g/mol. The van der Waals surface area contributed by atoms with E-state index in [2.05, 4.69) is 30.4 Å². The minimum absolute atomic E-state index is 0.255. The molecule has 0 radical (unpaired) electrons. The summed E-state index contributed by atoms with van der Waals surface area (Å²) in [5, 5.41) is 3.53. The van der Waals surface area contributed by atoms with E-state index in [0.717, 1.165) is 18.8 Å². The standard InChI is InChI=1S/C14H21NO/c1-14(8-3-4-9-15-11-14)12-6-5-7-13(10-12)16-2/h5-7,10,15H,3-4,8-9,11H2,1-2H3. The van der Waals surface area contributed by atoms with Crippen molar-refractivity contribution in [3.63, 3.8) is 0 Å². The highest BCUT2D eigenvalue weighted by molar-refractivity contribution is 5.34. The molecule has 1 unspecified atom stereocenters. The van der Waals surface area contributed by atoms with Crippen LogP contribution in [-0.2, 0) is 5.41 Å². The van der Waals surface area contributed by atoms with Crippen molar-refractivity contribution >= 4 is 0 Å². The number of nitrogens with one attached hydrogen (secondary N) is 1. The Morgan fingerprint density at radius 3 is 3.00 bits per heavy atom. The molecule has 1 saturated heterocycles. The lowest BCUT2D eigenvalue weighted by molar-refractivity contribution is 0.403. The SMILES string of the molecule is COc1cccc(C2(C)CCCCNC2)c1. The second-order valence-electron chi connectivity index (χ2n) is 4.93. The second kappa shape index (κ2) is 4.88. The lowest BCUT2D eigenvalue weighted by atomic mass is 9.79. The fourth-order valence-electron chi connectivity index (χ4n) is 2.46. The molecule has 16 heavy (non-hydrogen) atoms. The maximum absolute atomic E-state index is 5.30. The molecule has 2 heteroatoms. The van der Waals surface area contributed by atoms with Gasteiger partial charge in [0.1, 0.15) is 5.75 Å². The van der Waals surface area contributed by atoms with Gasteiger partial charge in [0.05, 0.1) is 7.11 Å². The average molecular weight is 219 g/mol. The Morgan fingerprint density at radius 2 is 2.19 bits per heavy atom. The summed E-state index contributed by atoms with van der Waals surface area (Å²) < 4.78 is 5.30. The number of hydrogen-bond donors (Lipinski definition) is 1. The molecule has 1 aromatic carbocycles. The molecule has 2 nitrogen and oxygen atoms in total. The van der Waals surface area contributed by atoms with E-state index in [1.807, 2.05) is 6.07 Å². The van der Waals surface area contributed by atoms with Crippen molar-refractivity contribution in [2.24, 2.45) is 0 Å². The average Bonchev–Trinajstić information content (AvgIpc) is 2.55. The Hall–Kier alpha value is -1.02. The number of methoxy groups -OCH3 is 1. The van der Waals surface area contributed by atoms with E-state index in [-0.39, 0.29) is 5.41 Å². The third-order valence-corrected chi connectivity index (χ3v) is 3.61. The van der Waals surface area contributed by atoms with E-state index in [0.29, 0.717) is 0 Å². The molecule has 1 fully saturated rings. The van der Waals surface area contributed by atoms with E-state index in [9.17, 15) is 0 Å². The van der Waals surface area contributed by atoms with Gasteiger partial charge in [-0.3, -0.25) is 0 Å². The summed E-state index contributed by atoms with van der Waals surface area (Å²) in [6.07, 6.45) is 3.85. The Balaban J connectivity index is 2.25. The third kappa shape index (κ3) is 2.38. The highest BCUT2D eigenvalue weighted by Gasteiger charge is 2.27. The van der Waals surface area contributed by atoms with Gasteiger partial charge in [-0.2, -0.15) is 0 Å². The van der Waals surface area contributed by atoms with Gasteiger partial charge < -0.3 is 10.1 Å². The molecule has 0 saturated carbocycles. The second-order valence-corrected chi connectivity index (χ2v) is 4.93. The number of rotatable bonds is 2. The predicted octanol–water partition coefficient (Wildman–Crippen LogP) is 2.73. The smallest absolute Gasteiger partial charge is 0.119 e. The lowest BCUT2D eigenvalue weighted by Crippen LogP contribution is -2.33. The zero-order chi connectivity index (χ0) is 11.4. The van der Waals surface area contributed by atoms with Crippen LogP contribution >= 0.6 is 0 Å². The number of ether oxygens (including phenoxy) is 1. The van der Waals surface area contributed by atoms with Gasteiger partial charge in [-0.05, 0) is 37.1 Å². The minimum atomic E-state index is 0.255. The molecule has 0 amide bonds. The molecular formula is C14H21NO. The summed E-state index contributed by atoms with van der Waals surface area (Å²) in [4.78, 5) is 0. The molecule has 1 aliphatic heterocycles. The Labute approximate surface area is 98.0 Å². The van der Waals surface area contributed by atoms with Crippen LogP contribution in [0.5, 0.6) is 5.75 Å². The molecule has 0 aromatic heterocycles. The first-order chi connectivity index (χ1) is 7.74. The minimum Gasteiger partial charge on any atom is -0.497 e. The van der Waals surface area contributed by atoms with Crippen molar-refractivity contribution in [3.05, 3.63) is 29.8 Å². The van der Waals surface area contributed by atoms with Gasteiger partial charge in [0.25, 0.3) is 0 Å². The van der Waals surface area contributed by atoms with Crippen LogP contribution in [0, 0.1) is 0 Å². The van der Waals surface area contributed by atoms with Crippen LogP contribution in [0.15, 0.2) is 24.3 Å². The van der Waals surface area contributed by atoms with E-state index in [4.69, 9.17) is 4.74 Å². The van der Waals surface area contributed by atoms with Gasteiger partial charge in [0.2, 0.25) is 0 Å². The summed E-state index contributed by atoms with van der Waals surface area (Å²) in [6, 6.07) is 8.49. The van der Waals surface area contributed by atoms with E-state index < -0.39 is 0 Å². The van der Waals surface area contributed by atoms with E-state index >= 15 is 0 Å². The molecule has 1 atom stereocenters. The zero-order valence-corrected chi connectivity index (χ0v) is 10.3. The van der Waals surface area contributed by atoms with Crippen LogP contribution in [0.25, 0.3) is 0 Å². The summed E-state index contributed by atoms with van der Waals surface area (Å²) in [7, 11) is 1.73. The molecule has 1 aliphatic rings. The van der Waals surface area contributed by atoms with E-state index in [1.54, 1.807) is 7.11 Å². The largest absolute Gasteiger partial charge is 0.497 e. The van der Waals surface area contributed by atoms with Gasteiger partial charge in [0, 0.05) is 12.0 Å². The van der Waals surface area contributed by atoms with Crippen LogP contribution in [0.4, 0.5) is 0 Å². The zero-order valence-electron chi connectivity index (χ0n) is 10.3. The summed E-state index contributed by atoms with van der Waals surface area (Å²) in [5.74, 6) is 0.961. The maximum Gasteiger partial charge on any atom is 0.119 e. The maximum atomic E-state index is 5.30. The summed E-state index contributed by atoms with van der Waals surface area (Å²) in [6.45, 7) is 4.57. The predicted molar refractivity (Wildman–Crippen MR) is 67.1 cm³/mol. The third-order valence-electron chi connectivity index (χ3n) is 3.61. The molecule has 0 aliphatic carbocycles. The fourth-order valence-corrected chi connectivity index (χ4v) is 2.46. The van der Waals surface area contributed by atoms with Crippen molar-refractivity contribution < 1.29 is 4.74 Å².